The number of nitrogens with zero attached hydrogens (tertiary/aromatic N) is 2. The second-order valence-corrected chi connectivity index (χ2v) is 10.4. The molecule has 27 heavy (non-hydrogen) atoms. The second kappa shape index (κ2) is 7.41. The van der Waals surface area contributed by atoms with E-state index in [1.807, 2.05) is 45.0 Å². The molecule has 0 bridgehead atoms. The first-order valence-corrected chi connectivity index (χ1v) is 11.0. The van der Waals surface area contributed by atoms with E-state index in [-0.39, 0.29) is 18.0 Å². The Morgan fingerprint density at radius 3 is 2.22 bits per heavy atom. The highest BCUT2D eigenvalue weighted by molar-refractivity contribution is 9.10. The van der Waals surface area contributed by atoms with Crippen LogP contribution >= 0.6 is 15.9 Å². The number of hydrogen-bond donors (Lipinski definition) is 0. The molecule has 0 saturated carbocycles. The third-order valence-electron chi connectivity index (χ3n) is 4.30. The standard InChI is InChI=1S/C19H23BrN2O4S/c1-19(2,3)26-18(23)21-8-10-22(11-9-21)27(24,25)17-7-5-14-12-16(20)6-4-15(14)13-17/h4-7,12-13H,8-11H2,1-3H3. The number of carbonyl (C=O) groups excluding carboxylic acids is 1. The van der Waals surface area contributed by atoms with Crippen LogP contribution in [-0.4, -0.2) is 55.5 Å². The van der Waals surface area contributed by atoms with Crippen molar-refractivity contribution in [3.05, 3.63) is 40.9 Å². The van der Waals surface area contributed by atoms with E-state index in [1.165, 1.54) is 4.31 Å². The summed E-state index contributed by atoms with van der Waals surface area (Å²) in [5.41, 5.74) is -0.569. The van der Waals surface area contributed by atoms with Gasteiger partial charge in [-0.2, -0.15) is 4.31 Å². The van der Waals surface area contributed by atoms with E-state index in [2.05, 4.69) is 15.9 Å². The molecule has 8 heteroatoms. The second-order valence-electron chi connectivity index (χ2n) is 7.52. The zero-order chi connectivity index (χ0) is 19.8. The van der Waals surface area contributed by atoms with E-state index in [4.69, 9.17) is 4.74 Å². The minimum Gasteiger partial charge on any atom is -0.444 e. The smallest absolute Gasteiger partial charge is 0.410 e. The lowest BCUT2D eigenvalue weighted by molar-refractivity contribution is 0.0192. The SMILES string of the molecule is CC(C)(C)OC(=O)N1CCN(S(=O)(=O)c2ccc3cc(Br)ccc3c2)CC1. The van der Waals surface area contributed by atoms with Crippen LogP contribution in [0.4, 0.5) is 4.79 Å². The Morgan fingerprint density at radius 2 is 1.59 bits per heavy atom. The fourth-order valence-corrected chi connectivity index (χ4v) is 4.78. The Bertz CT molecular complexity index is 961. The summed E-state index contributed by atoms with van der Waals surface area (Å²) in [6.45, 7) is 6.56. The summed E-state index contributed by atoms with van der Waals surface area (Å²) < 4.78 is 33.7. The van der Waals surface area contributed by atoms with Crippen molar-refractivity contribution in [3.63, 3.8) is 0 Å². The van der Waals surface area contributed by atoms with Crippen molar-refractivity contribution in [2.45, 2.75) is 31.3 Å². The van der Waals surface area contributed by atoms with E-state index in [9.17, 15) is 13.2 Å². The van der Waals surface area contributed by atoms with Gasteiger partial charge in [-0.3, -0.25) is 0 Å². The molecule has 2 aromatic carbocycles. The number of rotatable bonds is 2. The van der Waals surface area contributed by atoms with Gasteiger partial charge in [0.2, 0.25) is 10.0 Å². The van der Waals surface area contributed by atoms with E-state index in [0.717, 1.165) is 15.2 Å². The highest BCUT2D eigenvalue weighted by atomic mass is 79.9. The number of fused-ring (bicyclic) bond motifs is 1. The first kappa shape index (κ1) is 20.1. The molecule has 146 valence electrons. The molecule has 1 heterocycles. The Morgan fingerprint density at radius 1 is 1.00 bits per heavy atom. The highest BCUT2D eigenvalue weighted by Crippen LogP contribution is 2.25. The Hall–Kier alpha value is -1.64. The van der Waals surface area contributed by atoms with E-state index in [0.29, 0.717) is 13.1 Å². The lowest BCUT2D eigenvalue weighted by Crippen LogP contribution is -2.51. The topological polar surface area (TPSA) is 66.9 Å². The van der Waals surface area contributed by atoms with Gasteiger partial charge in [-0.15, -0.1) is 0 Å². The number of sulfonamides is 1. The first-order valence-electron chi connectivity index (χ1n) is 8.74. The number of benzene rings is 2. The molecular formula is C19H23BrN2O4S. The number of piperazine rings is 1. The molecule has 3 rings (SSSR count). The van der Waals surface area contributed by atoms with Crippen LogP contribution in [0, 0.1) is 0 Å². The summed E-state index contributed by atoms with van der Waals surface area (Å²) in [6, 6.07) is 10.9. The predicted octanol–water partition coefficient (Wildman–Crippen LogP) is 3.84. The van der Waals surface area contributed by atoms with Crippen molar-refractivity contribution in [2.75, 3.05) is 26.2 Å². The normalized spacial score (nSPS) is 16.5. The highest BCUT2D eigenvalue weighted by Gasteiger charge is 2.32. The molecular weight excluding hydrogens is 432 g/mol. The van der Waals surface area contributed by atoms with Gasteiger partial charge in [0.15, 0.2) is 0 Å². The van der Waals surface area contributed by atoms with Crippen LogP contribution in [0.15, 0.2) is 45.8 Å². The van der Waals surface area contributed by atoms with Gasteiger partial charge in [0, 0.05) is 30.7 Å². The Kier molecular flexibility index (Phi) is 5.52. The summed E-state index contributed by atoms with van der Waals surface area (Å²) in [5.74, 6) is 0. The van der Waals surface area contributed by atoms with Gasteiger partial charge < -0.3 is 9.64 Å². The number of ether oxygens (including phenoxy) is 1. The molecule has 1 fully saturated rings. The monoisotopic (exact) mass is 454 g/mol. The first-order chi connectivity index (χ1) is 12.6. The summed E-state index contributed by atoms with van der Waals surface area (Å²) in [6.07, 6.45) is -0.407. The van der Waals surface area contributed by atoms with Gasteiger partial charge in [0.25, 0.3) is 0 Å². The van der Waals surface area contributed by atoms with Crippen molar-refractivity contribution >= 4 is 42.8 Å². The molecule has 0 aliphatic carbocycles. The van der Waals surface area contributed by atoms with Gasteiger partial charge in [-0.05, 0) is 55.8 Å². The minimum absolute atomic E-state index is 0.250. The largest absolute Gasteiger partial charge is 0.444 e. The van der Waals surface area contributed by atoms with Gasteiger partial charge >= 0.3 is 6.09 Å². The fraction of sp³-hybridized carbons (Fsp3) is 0.421. The average molecular weight is 455 g/mol. The number of carbonyl (C=O) groups is 1. The maximum absolute atomic E-state index is 13.0. The summed E-state index contributed by atoms with van der Waals surface area (Å²) in [7, 11) is -3.61. The van der Waals surface area contributed by atoms with Gasteiger partial charge in [0.1, 0.15) is 5.60 Å². The lowest BCUT2D eigenvalue weighted by Gasteiger charge is -2.35. The van der Waals surface area contributed by atoms with Crippen molar-refractivity contribution in [1.82, 2.24) is 9.21 Å². The Labute approximate surface area is 168 Å². The number of amides is 1. The van der Waals surface area contributed by atoms with E-state index < -0.39 is 21.7 Å². The molecule has 0 spiro atoms. The van der Waals surface area contributed by atoms with Crippen molar-refractivity contribution < 1.29 is 17.9 Å². The summed E-state index contributed by atoms with van der Waals surface area (Å²) in [4.78, 5) is 14.0. The van der Waals surface area contributed by atoms with Crippen LogP contribution in [0.2, 0.25) is 0 Å². The molecule has 0 radical (unpaired) electrons. The van der Waals surface area contributed by atoms with Crippen molar-refractivity contribution in [3.8, 4) is 0 Å². The van der Waals surface area contributed by atoms with Gasteiger partial charge in [-0.25, -0.2) is 13.2 Å². The molecule has 6 nitrogen and oxygen atoms in total. The van der Waals surface area contributed by atoms with Crippen LogP contribution in [0.1, 0.15) is 20.8 Å². The zero-order valence-electron chi connectivity index (χ0n) is 15.6. The predicted molar refractivity (Wildman–Crippen MR) is 108 cm³/mol. The average Bonchev–Trinajstić information content (AvgIpc) is 2.60. The van der Waals surface area contributed by atoms with Crippen molar-refractivity contribution in [1.29, 1.82) is 0 Å². The molecule has 1 aliphatic heterocycles. The lowest BCUT2D eigenvalue weighted by atomic mass is 10.1. The third kappa shape index (κ3) is 4.62. The summed E-state index contributed by atoms with van der Waals surface area (Å²) in [5, 5.41) is 1.84. The molecule has 0 aromatic heterocycles. The quantitative estimate of drug-likeness (QED) is 0.690. The Balaban J connectivity index is 1.73. The minimum atomic E-state index is -3.61. The van der Waals surface area contributed by atoms with Crippen LogP contribution in [0.5, 0.6) is 0 Å². The van der Waals surface area contributed by atoms with Crippen LogP contribution in [0.3, 0.4) is 0 Å². The van der Waals surface area contributed by atoms with Gasteiger partial charge in [-0.1, -0.05) is 28.1 Å². The van der Waals surface area contributed by atoms with E-state index >= 15 is 0 Å². The molecule has 2 aromatic rings. The molecule has 0 N–H and O–H groups in total. The van der Waals surface area contributed by atoms with Crippen LogP contribution in [0.25, 0.3) is 10.8 Å². The van der Waals surface area contributed by atoms with Crippen LogP contribution < -0.4 is 0 Å². The summed E-state index contributed by atoms with van der Waals surface area (Å²) >= 11 is 3.42. The van der Waals surface area contributed by atoms with Gasteiger partial charge in [0.05, 0.1) is 4.90 Å². The maximum atomic E-state index is 13.0. The molecule has 1 saturated heterocycles. The fourth-order valence-electron chi connectivity index (χ4n) is 2.94. The zero-order valence-corrected chi connectivity index (χ0v) is 18.0. The third-order valence-corrected chi connectivity index (χ3v) is 6.69. The molecule has 1 amide bonds. The van der Waals surface area contributed by atoms with E-state index in [1.54, 1.807) is 17.0 Å². The van der Waals surface area contributed by atoms with Crippen LogP contribution in [-0.2, 0) is 14.8 Å². The van der Waals surface area contributed by atoms with Crippen molar-refractivity contribution in [2.24, 2.45) is 0 Å². The maximum Gasteiger partial charge on any atom is 0.410 e. The molecule has 0 atom stereocenters. The molecule has 0 unspecified atom stereocenters. The number of hydrogen-bond acceptors (Lipinski definition) is 4. The molecule has 1 aliphatic rings. The number of halogens is 1.